The fourth-order valence-corrected chi connectivity index (χ4v) is 1.97. The van der Waals surface area contributed by atoms with Gasteiger partial charge in [0.05, 0.1) is 0 Å². The lowest BCUT2D eigenvalue weighted by Gasteiger charge is -2.23. The molecule has 0 spiro atoms. The normalized spacial score (nSPS) is 21.4. The molecule has 1 heterocycles. The Bertz CT molecular complexity index is 262. The van der Waals surface area contributed by atoms with Gasteiger partial charge in [-0.25, -0.2) is 0 Å². The molecule has 0 saturated carbocycles. The molecule has 2 heteroatoms. The summed E-state index contributed by atoms with van der Waals surface area (Å²) in [4.78, 5) is 0. The number of hydrogen-bond donors (Lipinski definition) is 1. The molecule has 14 heavy (non-hydrogen) atoms. The lowest BCUT2D eigenvalue weighted by Crippen LogP contribution is -2.28. The first-order chi connectivity index (χ1) is 6.36. The molecule has 0 unspecified atom stereocenters. The average molecular weight is 212 g/mol. The second-order valence-electron chi connectivity index (χ2n) is 3.95. The maximum Gasteiger partial charge on any atom is 0.00201 e. The Morgan fingerprint density at radius 1 is 1.21 bits per heavy atom. The lowest BCUT2D eigenvalue weighted by molar-refractivity contribution is 0.461. The Hall–Kier alpha value is -0.530. The van der Waals surface area contributed by atoms with E-state index in [1.54, 1.807) is 0 Å². The van der Waals surface area contributed by atoms with Gasteiger partial charge in [0.2, 0.25) is 0 Å². The fraction of sp³-hybridized carbons (Fsp3) is 0.500. The van der Waals surface area contributed by atoms with Crippen molar-refractivity contribution < 1.29 is 0 Å². The van der Waals surface area contributed by atoms with Crippen molar-refractivity contribution in [3.05, 3.63) is 35.4 Å². The van der Waals surface area contributed by atoms with E-state index in [0.29, 0.717) is 0 Å². The molecule has 1 aromatic carbocycles. The monoisotopic (exact) mass is 211 g/mol. The van der Waals surface area contributed by atoms with Crippen molar-refractivity contribution in [1.29, 1.82) is 0 Å². The van der Waals surface area contributed by atoms with Crippen LogP contribution in [0.1, 0.15) is 29.9 Å². The highest BCUT2D eigenvalue weighted by Crippen LogP contribution is 2.22. The van der Waals surface area contributed by atoms with Gasteiger partial charge in [-0.1, -0.05) is 29.8 Å². The van der Waals surface area contributed by atoms with Gasteiger partial charge in [0.1, 0.15) is 0 Å². The number of halogens is 1. The molecule has 0 bridgehead atoms. The van der Waals surface area contributed by atoms with E-state index in [0.717, 1.165) is 12.5 Å². The van der Waals surface area contributed by atoms with Gasteiger partial charge in [-0.05, 0) is 37.8 Å². The first kappa shape index (κ1) is 11.5. The topological polar surface area (TPSA) is 12.0 Å². The highest BCUT2D eigenvalue weighted by atomic mass is 35.5. The van der Waals surface area contributed by atoms with Crippen molar-refractivity contribution in [3.8, 4) is 0 Å². The number of rotatable bonds is 1. The molecule has 1 aliphatic rings. The predicted octanol–water partition coefficient (Wildman–Crippen LogP) is 2.88. The van der Waals surface area contributed by atoms with Crippen LogP contribution in [0.3, 0.4) is 0 Å². The highest BCUT2D eigenvalue weighted by molar-refractivity contribution is 5.85. The molecule has 1 aromatic rings. The minimum absolute atomic E-state index is 0. The van der Waals surface area contributed by atoms with Crippen molar-refractivity contribution in [3.63, 3.8) is 0 Å². The average Bonchev–Trinajstić information content (AvgIpc) is 2.20. The van der Waals surface area contributed by atoms with Crippen molar-refractivity contribution in [2.24, 2.45) is 0 Å². The van der Waals surface area contributed by atoms with Gasteiger partial charge >= 0.3 is 0 Å². The maximum absolute atomic E-state index is 3.45. The van der Waals surface area contributed by atoms with Crippen LogP contribution in [0.25, 0.3) is 0 Å². The number of benzene rings is 1. The number of nitrogens with one attached hydrogen (secondary N) is 1. The molecule has 0 aliphatic carbocycles. The minimum Gasteiger partial charge on any atom is -0.316 e. The van der Waals surface area contributed by atoms with Crippen molar-refractivity contribution in [2.45, 2.75) is 25.7 Å². The number of aryl methyl sites for hydroxylation is 1. The third-order valence-electron chi connectivity index (χ3n) is 2.85. The number of piperidine rings is 1. The van der Waals surface area contributed by atoms with Gasteiger partial charge in [0, 0.05) is 6.54 Å². The molecule has 1 N–H and O–H groups in total. The molecule has 1 nitrogen and oxygen atoms in total. The number of hydrogen-bond acceptors (Lipinski definition) is 1. The lowest BCUT2D eigenvalue weighted by atomic mass is 9.91. The van der Waals surface area contributed by atoms with Gasteiger partial charge in [-0.3, -0.25) is 0 Å². The van der Waals surface area contributed by atoms with E-state index < -0.39 is 0 Å². The molecule has 1 atom stereocenters. The highest BCUT2D eigenvalue weighted by Gasteiger charge is 2.13. The Kier molecular flexibility index (Phi) is 4.43. The van der Waals surface area contributed by atoms with Crippen molar-refractivity contribution in [2.75, 3.05) is 13.1 Å². The van der Waals surface area contributed by atoms with Gasteiger partial charge in [-0.2, -0.15) is 0 Å². The van der Waals surface area contributed by atoms with E-state index in [9.17, 15) is 0 Å². The summed E-state index contributed by atoms with van der Waals surface area (Å²) in [5.74, 6) is 0.745. The fourth-order valence-electron chi connectivity index (χ4n) is 1.97. The summed E-state index contributed by atoms with van der Waals surface area (Å²) >= 11 is 0. The quantitative estimate of drug-likeness (QED) is 0.754. The third-order valence-corrected chi connectivity index (χ3v) is 2.85. The van der Waals surface area contributed by atoms with E-state index in [1.807, 2.05) is 0 Å². The Morgan fingerprint density at radius 2 is 1.93 bits per heavy atom. The summed E-state index contributed by atoms with van der Waals surface area (Å²) in [6.45, 7) is 4.49. The van der Waals surface area contributed by atoms with E-state index in [1.165, 1.54) is 30.5 Å². The van der Waals surface area contributed by atoms with Crippen molar-refractivity contribution >= 4 is 12.4 Å². The molecule has 1 aliphatic heterocycles. The van der Waals surface area contributed by atoms with Crippen LogP contribution in [0.5, 0.6) is 0 Å². The van der Waals surface area contributed by atoms with Crippen LogP contribution in [0, 0.1) is 6.92 Å². The van der Waals surface area contributed by atoms with Gasteiger partial charge in [0.25, 0.3) is 0 Å². The first-order valence-electron chi connectivity index (χ1n) is 5.13. The molecule has 1 saturated heterocycles. The SMILES string of the molecule is Cc1ccc([C@H]2CCCNC2)cc1.Cl. The van der Waals surface area contributed by atoms with Crippen LogP contribution in [0.15, 0.2) is 24.3 Å². The zero-order chi connectivity index (χ0) is 9.10. The predicted molar refractivity (Wildman–Crippen MR) is 63.3 cm³/mol. The van der Waals surface area contributed by atoms with Crippen LogP contribution in [0.4, 0.5) is 0 Å². The second kappa shape index (κ2) is 5.38. The van der Waals surface area contributed by atoms with Gasteiger partial charge in [-0.15, -0.1) is 12.4 Å². The molecule has 1 fully saturated rings. The molecule has 0 amide bonds. The Morgan fingerprint density at radius 3 is 2.50 bits per heavy atom. The molecule has 0 aromatic heterocycles. The van der Waals surface area contributed by atoms with E-state index >= 15 is 0 Å². The smallest absolute Gasteiger partial charge is 0.00201 e. The summed E-state index contributed by atoms with van der Waals surface area (Å²) in [5, 5.41) is 3.45. The van der Waals surface area contributed by atoms with Crippen LogP contribution >= 0.6 is 12.4 Å². The molecular weight excluding hydrogens is 194 g/mol. The second-order valence-corrected chi connectivity index (χ2v) is 3.95. The van der Waals surface area contributed by atoms with E-state index in [4.69, 9.17) is 0 Å². The van der Waals surface area contributed by atoms with Gasteiger partial charge in [0.15, 0.2) is 0 Å². The first-order valence-corrected chi connectivity index (χ1v) is 5.13. The van der Waals surface area contributed by atoms with Gasteiger partial charge < -0.3 is 5.32 Å². The third kappa shape index (κ3) is 2.73. The summed E-state index contributed by atoms with van der Waals surface area (Å²) in [7, 11) is 0. The summed E-state index contributed by atoms with van der Waals surface area (Å²) < 4.78 is 0. The van der Waals surface area contributed by atoms with Crippen LogP contribution in [-0.2, 0) is 0 Å². The molecular formula is C12H18ClN. The standard InChI is InChI=1S/C12H17N.ClH/c1-10-4-6-11(7-5-10)12-3-2-8-13-9-12;/h4-7,12-13H,2-3,8-9H2,1H3;1H/t12-;/m0./s1. The molecule has 0 radical (unpaired) electrons. The maximum atomic E-state index is 3.45. The van der Waals surface area contributed by atoms with Crippen LogP contribution in [-0.4, -0.2) is 13.1 Å². The zero-order valence-electron chi connectivity index (χ0n) is 8.62. The van der Waals surface area contributed by atoms with Crippen molar-refractivity contribution in [1.82, 2.24) is 5.32 Å². The summed E-state index contributed by atoms with van der Waals surface area (Å²) in [6.07, 6.45) is 2.66. The molecule has 78 valence electrons. The van der Waals surface area contributed by atoms with E-state index in [2.05, 4.69) is 36.5 Å². The Balaban J connectivity index is 0.000000980. The molecule has 2 rings (SSSR count). The largest absolute Gasteiger partial charge is 0.316 e. The summed E-state index contributed by atoms with van der Waals surface area (Å²) in [6, 6.07) is 8.97. The minimum atomic E-state index is 0. The van der Waals surface area contributed by atoms with E-state index in [-0.39, 0.29) is 12.4 Å². The Labute approximate surface area is 92.3 Å². The van der Waals surface area contributed by atoms with Crippen LogP contribution in [0.2, 0.25) is 0 Å². The summed E-state index contributed by atoms with van der Waals surface area (Å²) in [5.41, 5.74) is 2.85. The zero-order valence-corrected chi connectivity index (χ0v) is 9.44. The van der Waals surface area contributed by atoms with Crippen LogP contribution < -0.4 is 5.32 Å².